The van der Waals surface area contributed by atoms with Gasteiger partial charge in [-0.1, -0.05) is 12.1 Å². The summed E-state index contributed by atoms with van der Waals surface area (Å²) in [6.07, 6.45) is 0.379. The van der Waals surface area contributed by atoms with Crippen LogP contribution in [0.5, 0.6) is 0 Å². The Hall–Kier alpha value is -1.50. The molecular weight excluding hydrogens is 309 g/mol. The molecule has 0 unspecified atom stereocenters. The molecule has 0 aromatic heterocycles. The molecular formula is C18H28FN3O2. The largest absolute Gasteiger partial charge is 0.392 e. The zero-order valence-electron chi connectivity index (χ0n) is 14.5. The third-order valence-electron chi connectivity index (χ3n) is 4.48. The van der Waals surface area contributed by atoms with Gasteiger partial charge in [0.15, 0.2) is 0 Å². The van der Waals surface area contributed by atoms with Gasteiger partial charge in [-0.3, -0.25) is 14.6 Å². The maximum absolute atomic E-state index is 12.9. The predicted molar refractivity (Wildman–Crippen MR) is 92.3 cm³/mol. The summed E-state index contributed by atoms with van der Waals surface area (Å²) in [4.78, 5) is 16.7. The minimum absolute atomic E-state index is 0.0288. The van der Waals surface area contributed by atoms with Crippen molar-refractivity contribution >= 4 is 5.91 Å². The van der Waals surface area contributed by atoms with Crippen LogP contribution in [0.25, 0.3) is 0 Å². The van der Waals surface area contributed by atoms with Crippen molar-refractivity contribution in [2.75, 3.05) is 39.3 Å². The second kappa shape index (κ2) is 9.11. The summed E-state index contributed by atoms with van der Waals surface area (Å²) in [5, 5.41) is 12.4. The minimum Gasteiger partial charge on any atom is -0.392 e. The van der Waals surface area contributed by atoms with Crippen molar-refractivity contribution in [2.24, 2.45) is 0 Å². The molecule has 134 valence electrons. The number of benzene rings is 1. The van der Waals surface area contributed by atoms with Crippen molar-refractivity contribution < 1.29 is 14.3 Å². The Morgan fingerprint density at radius 1 is 1.21 bits per heavy atom. The SMILES string of the molecule is C[C@H](C(=O)NCCc1ccc(F)cc1)N1CCN(C[C@@H](C)O)CC1. The van der Waals surface area contributed by atoms with Crippen molar-refractivity contribution in [1.29, 1.82) is 0 Å². The fourth-order valence-electron chi connectivity index (χ4n) is 3.00. The Balaban J connectivity index is 1.69. The van der Waals surface area contributed by atoms with Crippen LogP contribution >= 0.6 is 0 Å². The normalized spacial score (nSPS) is 19.0. The number of hydrogen-bond acceptors (Lipinski definition) is 4. The van der Waals surface area contributed by atoms with Gasteiger partial charge in [-0.15, -0.1) is 0 Å². The second-order valence-corrected chi connectivity index (χ2v) is 6.53. The van der Waals surface area contributed by atoms with E-state index in [2.05, 4.69) is 15.1 Å². The lowest BCUT2D eigenvalue weighted by molar-refractivity contribution is -0.126. The first-order chi connectivity index (χ1) is 11.5. The molecule has 0 spiro atoms. The van der Waals surface area contributed by atoms with Crippen molar-refractivity contribution in [3.05, 3.63) is 35.6 Å². The number of hydrogen-bond donors (Lipinski definition) is 2. The highest BCUT2D eigenvalue weighted by Gasteiger charge is 2.25. The highest BCUT2D eigenvalue weighted by molar-refractivity contribution is 5.81. The molecule has 2 N–H and O–H groups in total. The average molecular weight is 337 g/mol. The van der Waals surface area contributed by atoms with Gasteiger partial charge in [-0.2, -0.15) is 0 Å². The Labute approximate surface area is 143 Å². The number of halogens is 1. The molecule has 1 aromatic rings. The summed E-state index contributed by atoms with van der Waals surface area (Å²) in [6, 6.07) is 6.20. The van der Waals surface area contributed by atoms with Crippen LogP contribution in [-0.4, -0.2) is 72.2 Å². The maximum Gasteiger partial charge on any atom is 0.237 e. The summed E-state index contributed by atoms with van der Waals surface area (Å²) in [7, 11) is 0. The van der Waals surface area contributed by atoms with Gasteiger partial charge in [0, 0.05) is 39.3 Å². The van der Waals surface area contributed by atoms with Gasteiger partial charge in [-0.25, -0.2) is 4.39 Å². The number of nitrogens with zero attached hydrogens (tertiary/aromatic N) is 2. The zero-order valence-corrected chi connectivity index (χ0v) is 14.5. The van der Waals surface area contributed by atoms with E-state index in [0.717, 1.165) is 31.7 Å². The molecule has 5 nitrogen and oxygen atoms in total. The van der Waals surface area contributed by atoms with E-state index < -0.39 is 0 Å². The molecule has 1 heterocycles. The standard InChI is InChI=1S/C18H28FN3O2/c1-14(23)13-21-9-11-22(12-10-21)15(2)18(24)20-8-7-16-3-5-17(19)6-4-16/h3-6,14-15,23H,7-13H2,1-2H3,(H,20,24)/t14-,15-/m1/s1. The van der Waals surface area contributed by atoms with Gasteiger partial charge in [0.1, 0.15) is 5.82 Å². The van der Waals surface area contributed by atoms with Gasteiger partial charge in [0.2, 0.25) is 5.91 Å². The first-order valence-corrected chi connectivity index (χ1v) is 8.62. The molecule has 0 aliphatic carbocycles. The van der Waals surface area contributed by atoms with Crippen LogP contribution < -0.4 is 5.32 Å². The average Bonchev–Trinajstić information content (AvgIpc) is 2.56. The number of β-amino-alcohol motifs (C(OH)–C–C–N with tert-alkyl or cyclic N) is 1. The summed E-state index contributed by atoms with van der Waals surface area (Å²) < 4.78 is 12.9. The molecule has 1 aliphatic heterocycles. The van der Waals surface area contributed by atoms with Gasteiger partial charge in [0.05, 0.1) is 12.1 Å². The van der Waals surface area contributed by atoms with E-state index in [4.69, 9.17) is 0 Å². The van der Waals surface area contributed by atoms with Gasteiger partial charge in [-0.05, 0) is 38.0 Å². The molecule has 1 amide bonds. The number of carbonyl (C=O) groups is 1. The van der Waals surface area contributed by atoms with E-state index in [1.54, 1.807) is 19.1 Å². The van der Waals surface area contributed by atoms with Crippen molar-refractivity contribution in [2.45, 2.75) is 32.4 Å². The van der Waals surface area contributed by atoms with E-state index in [1.807, 2.05) is 6.92 Å². The molecule has 2 atom stereocenters. The van der Waals surface area contributed by atoms with Crippen LogP contribution in [0.1, 0.15) is 19.4 Å². The highest BCUT2D eigenvalue weighted by atomic mass is 19.1. The lowest BCUT2D eigenvalue weighted by Gasteiger charge is -2.37. The molecule has 24 heavy (non-hydrogen) atoms. The van der Waals surface area contributed by atoms with E-state index >= 15 is 0 Å². The summed E-state index contributed by atoms with van der Waals surface area (Å²) in [5.74, 6) is -0.216. The topological polar surface area (TPSA) is 55.8 Å². The minimum atomic E-state index is -0.316. The molecule has 6 heteroatoms. The van der Waals surface area contributed by atoms with Crippen LogP contribution in [0.15, 0.2) is 24.3 Å². The van der Waals surface area contributed by atoms with Gasteiger partial charge >= 0.3 is 0 Å². The first kappa shape index (κ1) is 18.8. The number of amides is 1. The molecule has 1 aromatic carbocycles. The molecule has 1 saturated heterocycles. The first-order valence-electron chi connectivity index (χ1n) is 8.62. The van der Waals surface area contributed by atoms with E-state index in [-0.39, 0.29) is 23.9 Å². The van der Waals surface area contributed by atoms with Crippen LogP contribution in [0.4, 0.5) is 4.39 Å². The van der Waals surface area contributed by atoms with Crippen molar-refractivity contribution in [1.82, 2.24) is 15.1 Å². The van der Waals surface area contributed by atoms with Crippen molar-refractivity contribution in [3.8, 4) is 0 Å². The Morgan fingerprint density at radius 3 is 2.42 bits per heavy atom. The Morgan fingerprint density at radius 2 is 1.83 bits per heavy atom. The molecule has 1 aliphatic rings. The van der Waals surface area contributed by atoms with Crippen LogP contribution in [0.2, 0.25) is 0 Å². The van der Waals surface area contributed by atoms with Crippen LogP contribution in [0.3, 0.4) is 0 Å². The fraction of sp³-hybridized carbons (Fsp3) is 0.611. The zero-order chi connectivity index (χ0) is 17.5. The smallest absolute Gasteiger partial charge is 0.237 e. The van der Waals surface area contributed by atoms with Gasteiger partial charge in [0.25, 0.3) is 0 Å². The molecule has 2 rings (SSSR count). The Bertz CT molecular complexity index is 514. The Kier molecular flexibility index (Phi) is 7.15. The summed E-state index contributed by atoms with van der Waals surface area (Å²) in [5.41, 5.74) is 1.01. The third-order valence-corrected chi connectivity index (χ3v) is 4.48. The van der Waals surface area contributed by atoms with Crippen molar-refractivity contribution in [3.63, 3.8) is 0 Å². The van der Waals surface area contributed by atoms with E-state index in [9.17, 15) is 14.3 Å². The molecule has 0 radical (unpaired) electrons. The number of nitrogens with one attached hydrogen (secondary N) is 1. The summed E-state index contributed by atoms with van der Waals surface area (Å²) in [6.45, 7) is 8.37. The fourth-order valence-corrected chi connectivity index (χ4v) is 3.00. The third kappa shape index (κ3) is 5.85. The monoisotopic (exact) mass is 337 g/mol. The summed E-state index contributed by atoms with van der Waals surface area (Å²) >= 11 is 0. The quantitative estimate of drug-likeness (QED) is 0.775. The molecule has 0 saturated carbocycles. The lowest BCUT2D eigenvalue weighted by Crippen LogP contribution is -2.54. The van der Waals surface area contributed by atoms with Crippen LogP contribution in [0, 0.1) is 5.82 Å². The maximum atomic E-state index is 12.9. The number of rotatable bonds is 7. The van der Waals surface area contributed by atoms with E-state index in [0.29, 0.717) is 19.5 Å². The number of aliphatic hydroxyl groups is 1. The molecule has 1 fully saturated rings. The van der Waals surface area contributed by atoms with E-state index in [1.165, 1.54) is 12.1 Å². The van der Waals surface area contributed by atoms with Crippen LogP contribution in [-0.2, 0) is 11.2 Å². The second-order valence-electron chi connectivity index (χ2n) is 6.53. The predicted octanol–water partition coefficient (Wildman–Crippen LogP) is 0.871. The number of aliphatic hydroxyl groups excluding tert-OH is 1. The molecule has 0 bridgehead atoms. The number of carbonyl (C=O) groups excluding carboxylic acids is 1. The lowest BCUT2D eigenvalue weighted by atomic mass is 10.1. The number of piperazine rings is 1. The van der Waals surface area contributed by atoms with Gasteiger partial charge < -0.3 is 10.4 Å². The highest BCUT2D eigenvalue weighted by Crippen LogP contribution is 2.08.